The maximum Gasteiger partial charge on any atom is 0.410 e. The van der Waals surface area contributed by atoms with Gasteiger partial charge in [-0.25, -0.2) is 9.78 Å². The summed E-state index contributed by atoms with van der Waals surface area (Å²) in [5.41, 5.74) is 2.18. The predicted molar refractivity (Wildman–Crippen MR) is 106 cm³/mol. The van der Waals surface area contributed by atoms with Crippen LogP contribution in [0.15, 0.2) is 18.2 Å². The van der Waals surface area contributed by atoms with Gasteiger partial charge in [0, 0.05) is 32.7 Å². The van der Waals surface area contributed by atoms with E-state index in [1.54, 1.807) is 18.0 Å². The van der Waals surface area contributed by atoms with Gasteiger partial charge in [0.05, 0.1) is 11.0 Å². The number of hydrogen-bond donors (Lipinski definition) is 1. The van der Waals surface area contributed by atoms with Gasteiger partial charge in [0.1, 0.15) is 11.4 Å². The normalized spacial score (nSPS) is 13.9. The molecule has 1 aromatic heterocycles. The second kappa shape index (κ2) is 8.41. The molecule has 3 rings (SSSR count). The van der Waals surface area contributed by atoms with Crippen molar-refractivity contribution in [1.82, 2.24) is 19.8 Å². The lowest BCUT2D eigenvalue weighted by Crippen LogP contribution is -2.34. The number of aromatic nitrogens is 2. The fourth-order valence-electron chi connectivity index (χ4n) is 2.83. The molecule has 0 saturated carbocycles. The summed E-state index contributed by atoms with van der Waals surface area (Å²) in [5.74, 6) is 0.860. The average molecular weight is 374 g/mol. The van der Waals surface area contributed by atoms with Crippen molar-refractivity contribution in [2.24, 2.45) is 7.05 Å². The molecule has 0 bridgehead atoms. The van der Waals surface area contributed by atoms with Gasteiger partial charge in [-0.1, -0.05) is 0 Å². The van der Waals surface area contributed by atoms with Crippen LogP contribution in [0.5, 0.6) is 0 Å². The smallest absolute Gasteiger partial charge is 0.410 e. The lowest BCUT2D eigenvalue weighted by Gasteiger charge is -2.23. The molecule has 7 heteroatoms. The average Bonchev–Trinajstić information content (AvgIpc) is 3.22. The number of rotatable bonds is 1. The zero-order chi connectivity index (χ0) is 20.2. The van der Waals surface area contributed by atoms with Crippen LogP contribution in [0, 0.1) is 6.92 Å². The predicted octanol–water partition coefficient (Wildman–Crippen LogP) is 3.26. The minimum Gasteiger partial charge on any atom is -0.444 e. The molecule has 0 atom stereocenters. The lowest BCUT2D eigenvalue weighted by atomic mass is 10.2. The summed E-state index contributed by atoms with van der Waals surface area (Å²) in [7, 11) is 3.58. The fourth-order valence-corrected chi connectivity index (χ4v) is 2.83. The number of nitrogens with zero attached hydrogens (tertiary/aromatic N) is 3. The Morgan fingerprint density at radius 1 is 1.19 bits per heavy atom. The number of fused-ring (bicyclic) bond motifs is 1. The quantitative estimate of drug-likeness (QED) is 0.831. The molecule has 1 aliphatic rings. The van der Waals surface area contributed by atoms with Crippen LogP contribution in [0.3, 0.4) is 0 Å². The molecule has 1 N–H and O–H groups in total. The first-order chi connectivity index (χ1) is 12.6. The number of benzene rings is 1. The number of imidazole rings is 1. The zero-order valence-electron chi connectivity index (χ0n) is 17.1. The third-order valence-electron chi connectivity index (χ3n) is 4.35. The van der Waals surface area contributed by atoms with E-state index in [2.05, 4.69) is 10.3 Å². The Balaban J connectivity index is 0.000000199. The first kappa shape index (κ1) is 20.7. The Labute approximate surface area is 160 Å². The van der Waals surface area contributed by atoms with Crippen molar-refractivity contribution >= 4 is 23.0 Å². The zero-order valence-corrected chi connectivity index (χ0v) is 17.1. The second-order valence-corrected chi connectivity index (χ2v) is 7.68. The lowest BCUT2D eigenvalue weighted by molar-refractivity contribution is 0.0295. The first-order valence-electron chi connectivity index (χ1n) is 9.25. The highest BCUT2D eigenvalue weighted by molar-refractivity contribution is 5.97. The van der Waals surface area contributed by atoms with Crippen LogP contribution in [0.4, 0.5) is 4.79 Å². The van der Waals surface area contributed by atoms with Crippen molar-refractivity contribution < 1.29 is 14.3 Å². The minimum absolute atomic E-state index is 0.0831. The van der Waals surface area contributed by atoms with Gasteiger partial charge in [0.15, 0.2) is 0 Å². The molecule has 1 aromatic carbocycles. The number of amides is 2. The van der Waals surface area contributed by atoms with E-state index in [0.717, 1.165) is 42.8 Å². The second-order valence-electron chi connectivity index (χ2n) is 7.68. The van der Waals surface area contributed by atoms with Gasteiger partial charge < -0.3 is 19.5 Å². The monoisotopic (exact) mass is 374 g/mol. The van der Waals surface area contributed by atoms with Crippen molar-refractivity contribution in [2.45, 2.75) is 46.1 Å². The molecule has 2 heterocycles. The van der Waals surface area contributed by atoms with Gasteiger partial charge in [-0.05, 0) is 58.7 Å². The summed E-state index contributed by atoms with van der Waals surface area (Å²) < 4.78 is 7.21. The number of ether oxygens (including phenoxy) is 1. The van der Waals surface area contributed by atoms with Crippen molar-refractivity contribution in [1.29, 1.82) is 0 Å². The number of hydrogen-bond acceptors (Lipinski definition) is 4. The molecule has 7 nitrogen and oxygen atoms in total. The van der Waals surface area contributed by atoms with E-state index in [1.165, 1.54) is 0 Å². The molecule has 148 valence electrons. The molecule has 1 fully saturated rings. The van der Waals surface area contributed by atoms with Gasteiger partial charge in [-0.3, -0.25) is 4.79 Å². The Morgan fingerprint density at radius 2 is 1.81 bits per heavy atom. The van der Waals surface area contributed by atoms with Gasteiger partial charge in [0.2, 0.25) is 0 Å². The van der Waals surface area contributed by atoms with E-state index in [1.807, 2.05) is 51.4 Å². The van der Waals surface area contributed by atoms with Gasteiger partial charge in [-0.2, -0.15) is 0 Å². The number of likely N-dealkylation sites (tertiary alicyclic amines) is 1. The summed E-state index contributed by atoms with van der Waals surface area (Å²) >= 11 is 0. The Morgan fingerprint density at radius 3 is 2.37 bits per heavy atom. The minimum atomic E-state index is -0.361. The van der Waals surface area contributed by atoms with Crippen molar-refractivity contribution in [3.8, 4) is 0 Å². The molecular formula is C20H30N4O3. The molecule has 1 saturated heterocycles. The summed E-state index contributed by atoms with van der Waals surface area (Å²) in [6.45, 7) is 9.33. The van der Waals surface area contributed by atoms with E-state index in [4.69, 9.17) is 4.74 Å². The third kappa shape index (κ3) is 5.45. The van der Waals surface area contributed by atoms with Crippen LogP contribution >= 0.6 is 0 Å². The molecular weight excluding hydrogens is 344 g/mol. The SMILES string of the molecule is CC(C)(C)OC(=O)N1CCCC1.CNC(=O)c1ccc2c(c1)nc(C)n2C. The Kier molecular flexibility index (Phi) is 6.46. The summed E-state index contributed by atoms with van der Waals surface area (Å²) in [6.07, 6.45) is 2.05. The summed E-state index contributed by atoms with van der Waals surface area (Å²) in [5, 5.41) is 2.59. The van der Waals surface area contributed by atoms with E-state index < -0.39 is 0 Å². The largest absolute Gasteiger partial charge is 0.444 e. The number of carbonyl (C=O) groups excluding carboxylic acids is 2. The van der Waals surface area contributed by atoms with Crippen LogP contribution in [0.2, 0.25) is 0 Å². The van der Waals surface area contributed by atoms with Gasteiger partial charge in [0.25, 0.3) is 5.91 Å². The van der Waals surface area contributed by atoms with Crippen LogP contribution in [0.25, 0.3) is 11.0 Å². The maximum atomic E-state index is 11.4. The van der Waals surface area contributed by atoms with Crippen LogP contribution < -0.4 is 5.32 Å². The van der Waals surface area contributed by atoms with Gasteiger partial charge in [-0.15, -0.1) is 0 Å². The number of nitrogens with one attached hydrogen (secondary N) is 1. The molecule has 2 aromatic rings. The number of carbonyl (C=O) groups is 2. The highest BCUT2D eigenvalue weighted by Gasteiger charge is 2.23. The van der Waals surface area contributed by atoms with Gasteiger partial charge >= 0.3 is 6.09 Å². The summed E-state index contributed by atoms with van der Waals surface area (Å²) in [4.78, 5) is 28.9. The Hall–Kier alpha value is -2.57. The molecule has 27 heavy (non-hydrogen) atoms. The van der Waals surface area contributed by atoms with E-state index in [-0.39, 0.29) is 17.6 Å². The highest BCUT2D eigenvalue weighted by atomic mass is 16.6. The van der Waals surface area contributed by atoms with Crippen molar-refractivity contribution in [2.75, 3.05) is 20.1 Å². The van der Waals surface area contributed by atoms with Crippen LogP contribution in [-0.4, -0.2) is 52.2 Å². The van der Waals surface area contributed by atoms with E-state index in [0.29, 0.717) is 5.56 Å². The molecule has 0 radical (unpaired) electrons. The number of aryl methyl sites for hydroxylation is 2. The van der Waals surface area contributed by atoms with Crippen LogP contribution in [-0.2, 0) is 11.8 Å². The summed E-state index contributed by atoms with van der Waals surface area (Å²) in [6, 6.07) is 5.53. The van der Waals surface area contributed by atoms with E-state index in [9.17, 15) is 9.59 Å². The molecule has 2 amide bonds. The molecule has 0 unspecified atom stereocenters. The fraction of sp³-hybridized carbons (Fsp3) is 0.550. The Bertz CT molecular complexity index is 814. The topological polar surface area (TPSA) is 76.5 Å². The third-order valence-corrected chi connectivity index (χ3v) is 4.35. The van der Waals surface area contributed by atoms with Crippen LogP contribution in [0.1, 0.15) is 49.8 Å². The van der Waals surface area contributed by atoms with Crippen molar-refractivity contribution in [3.05, 3.63) is 29.6 Å². The van der Waals surface area contributed by atoms with Crippen molar-refractivity contribution in [3.63, 3.8) is 0 Å². The molecule has 1 aliphatic heterocycles. The maximum absolute atomic E-state index is 11.4. The molecule has 0 spiro atoms. The van der Waals surface area contributed by atoms with E-state index >= 15 is 0 Å². The first-order valence-corrected chi connectivity index (χ1v) is 9.25. The standard InChI is InChI=1S/C11H13N3O.C9H17NO2/c1-7-13-9-6-8(11(15)12-2)4-5-10(9)14(7)3;1-9(2,3)12-8(11)10-6-4-5-7-10/h4-6H,1-3H3,(H,12,15);4-7H2,1-3H3. The highest BCUT2D eigenvalue weighted by Crippen LogP contribution is 2.16. The molecule has 0 aliphatic carbocycles.